The van der Waals surface area contributed by atoms with E-state index < -0.39 is 10.0 Å². The normalized spacial score (nSPS) is 11.8. The van der Waals surface area contributed by atoms with Crippen molar-refractivity contribution in [2.45, 2.75) is 43.4 Å². The molecule has 0 bridgehead atoms. The first-order valence-electron chi connectivity index (χ1n) is 6.79. The third kappa shape index (κ3) is 7.56. The number of rotatable bonds is 9. The van der Waals surface area contributed by atoms with Gasteiger partial charge >= 0.3 is 0 Å². The number of ether oxygens (including phenoxy) is 1. The minimum absolute atomic E-state index is 0.0798. The molecule has 0 atom stereocenters. The molecule has 3 N–H and O–H groups in total. The van der Waals surface area contributed by atoms with E-state index in [4.69, 9.17) is 9.88 Å². The molecule has 1 amide bonds. The fraction of sp³-hybridized carbons (Fsp3) is 0.615. The number of sulfonamides is 1. The zero-order chi connectivity index (χ0) is 15.9. The molecule has 0 saturated carbocycles. The van der Waals surface area contributed by atoms with Gasteiger partial charge in [0.15, 0.2) is 0 Å². The van der Waals surface area contributed by atoms with Crippen molar-refractivity contribution in [2.24, 2.45) is 5.14 Å². The van der Waals surface area contributed by atoms with Crippen LogP contribution in [0.15, 0.2) is 16.3 Å². The second kappa shape index (κ2) is 8.47. The third-order valence-corrected chi connectivity index (χ3v) is 5.12. The largest absolute Gasteiger partial charge is 0.379 e. The highest BCUT2D eigenvalue weighted by molar-refractivity contribution is 7.91. The van der Waals surface area contributed by atoms with Crippen molar-refractivity contribution in [1.82, 2.24) is 5.32 Å². The maximum absolute atomic E-state index is 11.7. The first kappa shape index (κ1) is 18.1. The molecule has 6 nitrogen and oxygen atoms in total. The van der Waals surface area contributed by atoms with Crippen LogP contribution in [-0.4, -0.2) is 33.6 Å². The van der Waals surface area contributed by atoms with Gasteiger partial charge in [0.1, 0.15) is 4.21 Å². The molecular formula is C13H22N2O4S2. The fourth-order valence-corrected chi connectivity index (χ4v) is 3.38. The summed E-state index contributed by atoms with van der Waals surface area (Å²) in [5.74, 6) is -0.123. The fourth-order valence-electron chi connectivity index (χ4n) is 1.60. The highest BCUT2D eigenvalue weighted by Gasteiger charge is 2.12. The molecule has 0 saturated heterocycles. The third-order valence-electron chi connectivity index (χ3n) is 2.60. The number of hydrogen-bond acceptors (Lipinski definition) is 5. The van der Waals surface area contributed by atoms with Gasteiger partial charge in [0.25, 0.3) is 0 Å². The van der Waals surface area contributed by atoms with E-state index in [1.54, 1.807) is 6.07 Å². The summed E-state index contributed by atoms with van der Waals surface area (Å²) in [5, 5.41) is 7.82. The predicted molar refractivity (Wildman–Crippen MR) is 82.7 cm³/mol. The van der Waals surface area contributed by atoms with Crippen molar-refractivity contribution >= 4 is 27.3 Å². The maximum Gasteiger partial charge on any atom is 0.247 e. The second-order valence-electron chi connectivity index (χ2n) is 4.92. The van der Waals surface area contributed by atoms with Crippen molar-refractivity contribution in [3.05, 3.63) is 17.0 Å². The van der Waals surface area contributed by atoms with E-state index in [0.717, 1.165) is 24.2 Å². The second-order valence-corrected chi connectivity index (χ2v) is 7.88. The van der Waals surface area contributed by atoms with E-state index in [1.807, 2.05) is 13.8 Å². The highest BCUT2D eigenvalue weighted by atomic mass is 32.2. The smallest absolute Gasteiger partial charge is 0.247 e. The number of carbonyl (C=O) groups excluding carboxylic acids is 1. The average molecular weight is 334 g/mol. The van der Waals surface area contributed by atoms with Gasteiger partial charge in [-0.2, -0.15) is 0 Å². The van der Waals surface area contributed by atoms with Crippen LogP contribution in [0.1, 0.15) is 31.6 Å². The molecule has 0 unspecified atom stereocenters. The number of unbranched alkanes of at least 4 members (excludes halogenated alkanes) is 1. The molecule has 0 spiro atoms. The summed E-state index contributed by atoms with van der Waals surface area (Å²) in [6.07, 6.45) is 2.15. The molecular weight excluding hydrogens is 312 g/mol. The van der Waals surface area contributed by atoms with Crippen molar-refractivity contribution in [3.8, 4) is 0 Å². The first-order chi connectivity index (χ1) is 9.79. The number of primary sulfonamides is 1. The molecule has 0 radical (unpaired) electrons. The quantitative estimate of drug-likeness (QED) is 0.664. The standard InChI is InChI=1S/C13H22N2O4S2/c1-10(2)19-8-4-3-7-15-12(16)9-11-5-6-13(20-11)21(14,17)18/h5-6,10H,3-4,7-9H2,1-2H3,(H,15,16)(H2,14,17,18). The summed E-state index contributed by atoms with van der Waals surface area (Å²) < 4.78 is 27.7. The Morgan fingerprint density at radius 2 is 2.10 bits per heavy atom. The molecule has 1 aromatic heterocycles. The molecule has 1 heterocycles. The van der Waals surface area contributed by atoms with Crippen molar-refractivity contribution in [2.75, 3.05) is 13.2 Å². The number of nitrogens with one attached hydrogen (secondary N) is 1. The van der Waals surface area contributed by atoms with Gasteiger partial charge in [0, 0.05) is 18.0 Å². The molecule has 120 valence electrons. The van der Waals surface area contributed by atoms with Crippen LogP contribution in [0.2, 0.25) is 0 Å². The molecule has 1 rings (SSSR count). The topological polar surface area (TPSA) is 98.5 Å². The Bertz CT molecular complexity index is 552. The number of nitrogens with two attached hydrogens (primary N) is 1. The minimum atomic E-state index is -3.68. The van der Waals surface area contributed by atoms with Crippen molar-refractivity contribution in [1.29, 1.82) is 0 Å². The SMILES string of the molecule is CC(C)OCCCCNC(=O)Cc1ccc(S(N)(=O)=O)s1. The Hall–Kier alpha value is -0.960. The van der Waals surface area contributed by atoms with E-state index in [9.17, 15) is 13.2 Å². The van der Waals surface area contributed by atoms with Gasteiger partial charge in [-0.1, -0.05) is 0 Å². The lowest BCUT2D eigenvalue weighted by atomic mass is 10.3. The van der Waals surface area contributed by atoms with E-state index in [1.165, 1.54) is 6.07 Å². The lowest BCUT2D eigenvalue weighted by Crippen LogP contribution is -2.26. The first-order valence-corrected chi connectivity index (χ1v) is 9.15. The van der Waals surface area contributed by atoms with Crippen LogP contribution in [-0.2, 0) is 26.0 Å². The van der Waals surface area contributed by atoms with E-state index >= 15 is 0 Å². The van der Waals surface area contributed by atoms with Gasteiger partial charge < -0.3 is 10.1 Å². The molecule has 8 heteroatoms. The Morgan fingerprint density at radius 3 is 2.67 bits per heavy atom. The summed E-state index contributed by atoms with van der Waals surface area (Å²) >= 11 is 1.02. The van der Waals surface area contributed by atoms with Crippen LogP contribution >= 0.6 is 11.3 Å². The number of carbonyl (C=O) groups is 1. The molecule has 0 aliphatic heterocycles. The van der Waals surface area contributed by atoms with Crippen molar-refractivity contribution in [3.63, 3.8) is 0 Å². The Kier molecular flexibility index (Phi) is 7.30. The van der Waals surface area contributed by atoms with Crippen LogP contribution in [0.25, 0.3) is 0 Å². The summed E-state index contributed by atoms with van der Waals surface area (Å²) in [6, 6.07) is 3.03. The van der Waals surface area contributed by atoms with E-state index in [0.29, 0.717) is 18.0 Å². The average Bonchev–Trinajstić information content (AvgIpc) is 2.81. The Balaban J connectivity index is 2.24. The molecule has 0 aromatic carbocycles. The van der Waals surface area contributed by atoms with Gasteiger partial charge in [-0.15, -0.1) is 11.3 Å². The summed E-state index contributed by atoms with van der Waals surface area (Å²) in [4.78, 5) is 12.4. The highest BCUT2D eigenvalue weighted by Crippen LogP contribution is 2.20. The lowest BCUT2D eigenvalue weighted by Gasteiger charge is -2.07. The number of hydrogen-bond donors (Lipinski definition) is 2. The predicted octanol–water partition coefficient (Wildman–Crippen LogP) is 1.26. The van der Waals surface area contributed by atoms with Crippen LogP contribution in [0, 0.1) is 0 Å². The molecule has 21 heavy (non-hydrogen) atoms. The van der Waals surface area contributed by atoms with Gasteiger partial charge in [-0.05, 0) is 38.8 Å². The van der Waals surface area contributed by atoms with Gasteiger partial charge in [-0.3, -0.25) is 4.79 Å². The summed E-state index contributed by atoms with van der Waals surface area (Å²) in [7, 11) is -3.68. The van der Waals surface area contributed by atoms with Crippen LogP contribution < -0.4 is 10.5 Å². The van der Waals surface area contributed by atoms with E-state index in [-0.39, 0.29) is 22.6 Å². The zero-order valence-electron chi connectivity index (χ0n) is 12.3. The lowest BCUT2D eigenvalue weighted by molar-refractivity contribution is -0.120. The van der Waals surface area contributed by atoms with Gasteiger partial charge in [0.05, 0.1) is 12.5 Å². The maximum atomic E-state index is 11.7. The monoisotopic (exact) mass is 334 g/mol. The Labute approximate surface area is 129 Å². The number of thiophene rings is 1. The zero-order valence-corrected chi connectivity index (χ0v) is 13.9. The molecule has 1 aromatic rings. The van der Waals surface area contributed by atoms with Gasteiger partial charge in [0.2, 0.25) is 15.9 Å². The summed E-state index contributed by atoms with van der Waals surface area (Å²) in [6.45, 7) is 5.25. The molecule has 0 fully saturated rings. The number of amides is 1. The minimum Gasteiger partial charge on any atom is -0.379 e. The molecule has 0 aliphatic rings. The summed E-state index contributed by atoms with van der Waals surface area (Å²) in [5.41, 5.74) is 0. The Morgan fingerprint density at radius 1 is 1.38 bits per heavy atom. The van der Waals surface area contributed by atoms with Crippen LogP contribution in [0.5, 0.6) is 0 Å². The van der Waals surface area contributed by atoms with Crippen LogP contribution in [0.4, 0.5) is 0 Å². The van der Waals surface area contributed by atoms with Crippen LogP contribution in [0.3, 0.4) is 0 Å². The van der Waals surface area contributed by atoms with E-state index in [2.05, 4.69) is 5.32 Å². The molecule has 0 aliphatic carbocycles. The van der Waals surface area contributed by atoms with Crippen molar-refractivity contribution < 1.29 is 17.9 Å². The van der Waals surface area contributed by atoms with Gasteiger partial charge in [-0.25, -0.2) is 13.6 Å².